The normalized spacial score (nSPS) is 23.3. The number of carbonyl (C=O) groups excluding carboxylic acids is 1. The number of Topliss-reactive ketones (excluding diaryl/α,β-unsaturated/α-hetero) is 1. The molecule has 1 aliphatic rings. The fraction of sp³-hybridized carbons (Fsp3) is 0.562. The Morgan fingerprint density at radius 3 is 2.89 bits per heavy atom. The molecule has 0 bridgehead atoms. The van der Waals surface area contributed by atoms with Crippen LogP contribution in [0.3, 0.4) is 0 Å². The first-order chi connectivity index (χ1) is 9.20. The van der Waals surface area contributed by atoms with Crippen LogP contribution in [0.5, 0.6) is 0 Å². The van der Waals surface area contributed by atoms with Gasteiger partial charge in [0.2, 0.25) is 0 Å². The van der Waals surface area contributed by atoms with Crippen LogP contribution in [0.25, 0.3) is 0 Å². The van der Waals surface area contributed by atoms with Crippen LogP contribution in [0.15, 0.2) is 33.6 Å². The highest BCUT2D eigenvalue weighted by Gasteiger charge is 2.29. The van der Waals surface area contributed by atoms with Crippen molar-refractivity contribution >= 4 is 33.5 Å². The van der Waals surface area contributed by atoms with Gasteiger partial charge in [0.15, 0.2) is 0 Å². The third-order valence-corrected chi connectivity index (χ3v) is 5.53. The first-order valence-electron chi connectivity index (χ1n) is 7.11. The Labute approximate surface area is 128 Å². The molecule has 0 radical (unpaired) electrons. The van der Waals surface area contributed by atoms with E-state index in [1.807, 2.05) is 12.1 Å². The smallest absolute Gasteiger partial charge is 0.146 e. The largest absolute Gasteiger partial charge is 0.298 e. The minimum Gasteiger partial charge on any atom is -0.298 e. The fourth-order valence-corrected chi connectivity index (χ4v) is 4.40. The monoisotopic (exact) mass is 340 g/mol. The molecule has 1 fully saturated rings. The molecule has 1 aromatic rings. The van der Waals surface area contributed by atoms with Crippen LogP contribution in [0, 0.1) is 11.8 Å². The quantitative estimate of drug-likeness (QED) is 0.674. The van der Waals surface area contributed by atoms with Gasteiger partial charge in [0.25, 0.3) is 0 Å². The van der Waals surface area contributed by atoms with Crippen molar-refractivity contribution in [3.63, 3.8) is 0 Å². The standard InChI is InChI=1S/C16H21BrOS/c1-2-12-6-3-4-9-15(12)16(18)11-19-14-8-5-7-13(17)10-14/h5,7-8,10,12,15H,2-4,6,9,11H2,1H3. The molecule has 2 atom stereocenters. The van der Waals surface area contributed by atoms with Crippen molar-refractivity contribution in [3.05, 3.63) is 28.7 Å². The van der Waals surface area contributed by atoms with Crippen LogP contribution < -0.4 is 0 Å². The van der Waals surface area contributed by atoms with E-state index in [0.717, 1.165) is 17.3 Å². The van der Waals surface area contributed by atoms with Crippen LogP contribution in [-0.4, -0.2) is 11.5 Å². The SMILES string of the molecule is CCC1CCCCC1C(=O)CSc1cccc(Br)c1. The van der Waals surface area contributed by atoms with E-state index in [-0.39, 0.29) is 0 Å². The van der Waals surface area contributed by atoms with E-state index in [1.54, 1.807) is 11.8 Å². The number of rotatable bonds is 5. The van der Waals surface area contributed by atoms with E-state index in [4.69, 9.17) is 0 Å². The third-order valence-electron chi connectivity index (χ3n) is 4.02. The van der Waals surface area contributed by atoms with Crippen LogP contribution in [0.4, 0.5) is 0 Å². The molecule has 1 saturated carbocycles. The summed E-state index contributed by atoms with van der Waals surface area (Å²) in [6.45, 7) is 2.22. The summed E-state index contributed by atoms with van der Waals surface area (Å²) >= 11 is 5.14. The highest BCUT2D eigenvalue weighted by molar-refractivity contribution is 9.10. The van der Waals surface area contributed by atoms with Crippen LogP contribution in [0.2, 0.25) is 0 Å². The van der Waals surface area contributed by atoms with Gasteiger partial charge in [-0.3, -0.25) is 4.79 Å². The molecule has 19 heavy (non-hydrogen) atoms. The van der Waals surface area contributed by atoms with Crippen molar-refractivity contribution in [1.29, 1.82) is 0 Å². The molecule has 0 aliphatic heterocycles. The van der Waals surface area contributed by atoms with Gasteiger partial charge in [-0.2, -0.15) is 0 Å². The highest BCUT2D eigenvalue weighted by atomic mass is 79.9. The molecule has 0 amide bonds. The summed E-state index contributed by atoms with van der Waals surface area (Å²) < 4.78 is 1.08. The molecule has 0 saturated heterocycles. The Kier molecular flexibility index (Phi) is 5.96. The first kappa shape index (κ1) is 15.1. The van der Waals surface area contributed by atoms with Crippen LogP contribution >= 0.6 is 27.7 Å². The van der Waals surface area contributed by atoms with E-state index >= 15 is 0 Å². The number of ketones is 1. The van der Waals surface area contributed by atoms with Crippen molar-refractivity contribution in [3.8, 4) is 0 Å². The lowest BCUT2D eigenvalue weighted by Crippen LogP contribution is -2.28. The van der Waals surface area contributed by atoms with E-state index in [1.165, 1.54) is 24.2 Å². The first-order valence-corrected chi connectivity index (χ1v) is 8.89. The second-order valence-corrected chi connectivity index (χ2v) is 7.24. The van der Waals surface area contributed by atoms with Crippen molar-refractivity contribution in [2.75, 3.05) is 5.75 Å². The number of halogens is 1. The lowest BCUT2D eigenvalue weighted by Gasteiger charge is -2.29. The topological polar surface area (TPSA) is 17.1 Å². The van der Waals surface area contributed by atoms with Gasteiger partial charge in [0, 0.05) is 15.3 Å². The van der Waals surface area contributed by atoms with E-state index in [9.17, 15) is 4.79 Å². The van der Waals surface area contributed by atoms with Gasteiger partial charge >= 0.3 is 0 Å². The molecule has 0 spiro atoms. The number of thioether (sulfide) groups is 1. The van der Waals surface area contributed by atoms with Crippen molar-refractivity contribution in [1.82, 2.24) is 0 Å². The summed E-state index contributed by atoms with van der Waals surface area (Å²) in [6.07, 6.45) is 6.04. The Hall–Kier alpha value is -0.280. The van der Waals surface area contributed by atoms with Crippen molar-refractivity contribution in [2.24, 2.45) is 11.8 Å². The maximum Gasteiger partial charge on any atom is 0.146 e. The molecule has 2 unspecified atom stereocenters. The molecule has 1 aromatic carbocycles. The maximum absolute atomic E-state index is 12.4. The van der Waals surface area contributed by atoms with Gasteiger partial charge in [0.05, 0.1) is 5.75 Å². The van der Waals surface area contributed by atoms with Gasteiger partial charge in [-0.1, -0.05) is 48.2 Å². The molecule has 0 N–H and O–H groups in total. The van der Waals surface area contributed by atoms with Gasteiger partial charge in [-0.25, -0.2) is 0 Å². The fourth-order valence-electron chi connectivity index (χ4n) is 2.94. The summed E-state index contributed by atoms with van der Waals surface area (Å²) in [5.74, 6) is 2.02. The molecule has 0 heterocycles. The van der Waals surface area contributed by atoms with Crippen LogP contribution in [-0.2, 0) is 4.79 Å². The van der Waals surface area contributed by atoms with Crippen molar-refractivity contribution < 1.29 is 4.79 Å². The average Bonchev–Trinajstić information content (AvgIpc) is 2.45. The minimum atomic E-state index is 0.318. The van der Waals surface area contributed by atoms with E-state index < -0.39 is 0 Å². The molecule has 1 nitrogen and oxygen atoms in total. The molecule has 3 heteroatoms. The Bertz CT molecular complexity index is 433. The summed E-state index contributed by atoms with van der Waals surface area (Å²) in [5.41, 5.74) is 0. The number of benzene rings is 1. The summed E-state index contributed by atoms with van der Waals surface area (Å²) in [5, 5.41) is 0. The Morgan fingerprint density at radius 1 is 1.37 bits per heavy atom. The average molecular weight is 341 g/mol. The number of hydrogen-bond donors (Lipinski definition) is 0. The zero-order valence-corrected chi connectivity index (χ0v) is 13.8. The van der Waals surface area contributed by atoms with E-state index in [0.29, 0.717) is 23.4 Å². The molecule has 1 aliphatic carbocycles. The summed E-state index contributed by atoms with van der Waals surface area (Å²) in [6, 6.07) is 8.18. The number of carbonyl (C=O) groups is 1. The van der Waals surface area contributed by atoms with Crippen LogP contribution in [0.1, 0.15) is 39.0 Å². The second-order valence-electron chi connectivity index (χ2n) is 5.27. The van der Waals surface area contributed by atoms with E-state index in [2.05, 4.69) is 35.0 Å². The van der Waals surface area contributed by atoms with Gasteiger partial charge in [-0.15, -0.1) is 11.8 Å². The minimum absolute atomic E-state index is 0.318. The lowest BCUT2D eigenvalue weighted by molar-refractivity contribution is -0.123. The molecular formula is C16H21BrOS. The predicted molar refractivity (Wildman–Crippen MR) is 85.6 cm³/mol. The summed E-state index contributed by atoms with van der Waals surface area (Å²) in [4.78, 5) is 13.6. The lowest BCUT2D eigenvalue weighted by atomic mass is 9.76. The predicted octanol–water partition coefficient (Wildman–Crippen LogP) is 5.33. The molecule has 104 valence electrons. The summed E-state index contributed by atoms with van der Waals surface area (Å²) in [7, 11) is 0. The Balaban J connectivity index is 1.89. The Morgan fingerprint density at radius 2 is 2.16 bits per heavy atom. The van der Waals surface area contributed by atoms with Gasteiger partial charge in [0.1, 0.15) is 5.78 Å². The maximum atomic E-state index is 12.4. The zero-order chi connectivity index (χ0) is 13.7. The van der Waals surface area contributed by atoms with Crippen molar-refractivity contribution in [2.45, 2.75) is 43.9 Å². The molecule has 2 rings (SSSR count). The molecular weight excluding hydrogens is 320 g/mol. The second kappa shape index (κ2) is 7.49. The third kappa shape index (κ3) is 4.35. The van der Waals surface area contributed by atoms with Gasteiger partial charge < -0.3 is 0 Å². The zero-order valence-electron chi connectivity index (χ0n) is 11.4. The highest BCUT2D eigenvalue weighted by Crippen LogP contribution is 2.34. The number of hydrogen-bond acceptors (Lipinski definition) is 2. The molecule has 0 aromatic heterocycles. The van der Waals surface area contributed by atoms with Gasteiger partial charge in [-0.05, 0) is 37.0 Å².